The summed E-state index contributed by atoms with van der Waals surface area (Å²) in [5.41, 5.74) is 0. The summed E-state index contributed by atoms with van der Waals surface area (Å²) in [6.07, 6.45) is 6.40. The molecule has 0 aliphatic heterocycles. The van der Waals surface area contributed by atoms with Crippen molar-refractivity contribution in [3.63, 3.8) is 0 Å². The van der Waals surface area contributed by atoms with Crippen LogP contribution in [0.5, 0.6) is 0 Å². The SMILES string of the molecule is CC1CCCC(NC(=O)C2C(Cl)CCCC2Cl)C1C. The molecule has 2 nitrogen and oxygen atoms in total. The van der Waals surface area contributed by atoms with Gasteiger partial charge in [0.1, 0.15) is 0 Å². The third-order valence-electron chi connectivity index (χ3n) is 5.08. The summed E-state index contributed by atoms with van der Waals surface area (Å²) in [4.78, 5) is 12.5. The molecule has 0 radical (unpaired) electrons. The van der Waals surface area contributed by atoms with E-state index in [1.807, 2.05) is 0 Å². The van der Waals surface area contributed by atoms with E-state index < -0.39 is 0 Å². The van der Waals surface area contributed by atoms with Crippen LogP contribution < -0.4 is 5.32 Å². The average molecular weight is 306 g/mol. The molecule has 1 amide bonds. The lowest BCUT2D eigenvalue weighted by atomic mass is 9.77. The van der Waals surface area contributed by atoms with Gasteiger partial charge in [0, 0.05) is 16.8 Å². The summed E-state index contributed by atoms with van der Waals surface area (Å²) in [5, 5.41) is 3.01. The lowest BCUT2D eigenvalue weighted by molar-refractivity contribution is -0.127. The largest absolute Gasteiger partial charge is 0.353 e. The molecule has 5 atom stereocenters. The highest BCUT2D eigenvalue weighted by atomic mass is 35.5. The lowest BCUT2D eigenvalue weighted by Gasteiger charge is -2.37. The van der Waals surface area contributed by atoms with E-state index in [9.17, 15) is 4.79 Å². The molecule has 19 heavy (non-hydrogen) atoms. The van der Waals surface area contributed by atoms with Gasteiger partial charge in [0.2, 0.25) is 5.91 Å². The number of amides is 1. The molecular formula is C15H25Cl2NO. The number of rotatable bonds is 2. The van der Waals surface area contributed by atoms with E-state index in [0.29, 0.717) is 17.9 Å². The molecule has 2 fully saturated rings. The van der Waals surface area contributed by atoms with Crippen LogP contribution in [0.4, 0.5) is 0 Å². The van der Waals surface area contributed by atoms with Gasteiger partial charge in [-0.15, -0.1) is 23.2 Å². The Morgan fingerprint density at radius 3 is 2.21 bits per heavy atom. The first-order chi connectivity index (χ1) is 9.00. The van der Waals surface area contributed by atoms with Crippen molar-refractivity contribution in [2.24, 2.45) is 17.8 Å². The predicted octanol–water partition coefficient (Wildman–Crippen LogP) is 3.94. The molecule has 0 bridgehead atoms. The van der Waals surface area contributed by atoms with Crippen LogP contribution in [0.1, 0.15) is 52.4 Å². The van der Waals surface area contributed by atoms with E-state index in [4.69, 9.17) is 23.2 Å². The van der Waals surface area contributed by atoms with E-state index in [-0.39, 0.29) is 22.6 Å². The average Bonchev–Trinajstić information content (AvgIpc) is 2.35. The second-order valence-corrected chi connectivity index (χ2v) is 7.49. The van der Waals surface area contributed by atoms with E-state index in [1.54, 1.807) is 0 Å². The van der Waals surface area contributed by atoms with Gasteiger partial charge in [-0.25, -0.2) is 0 Å². The molecule has 2 aliphatic rings. The van der Waals surface area contributed by atoms with Gasteiger partial charge in [-0.3, -0.25) is 4.79 Å². The van der Waals surface area contributed by atoms with Crippen LogP contribution in [0.25, 0.3) is 0 Å². The minimum atomic E-state index is -0.221. The normalized spacial score (nSPS) is 43.8. The number of hydrogen-bond acceptors (Lipinski definition) is 1. The summed E-state index contributed by atoms with van der Waals surface area (Å²) < 4.78 is 0. The van der Waals surface area contributed by atoms with Crippen molar-refractivity contribution >= 4 is 29.1 Å². The molecule has 2 aliphatic carbocycles. The standard InChI is InChI=1S/C15H25Cl2NO/c1-9-5-3-8-13(10(9)2)18-15(19)14-11(16)6-4-7-12(14)17/h9-14H,3-8H2,1-2H3,(H,18,19). The highest BCUT2D eigenvalue weighted by Crippen LogP contribution is 2.34. The van der Waals surface area contributed by atoms with Gasteiger partial charge in [0.05, 0.1) is 5.92 Å². The first-order valence-corrected chi connectivity index (χ1v) is 8.46. The van der Waals surface area contributed by atoms with Crippen molar-refractivity contribution in [3.8, 4) is 0 Å². The molecule has 0 aromatic rings. The lowest BCUT2D eigenvalue weighted by Crippen LogP contribution is -2.50. The number of halogens is 2. The molecule has 5 unspecified atom stereocenters. The number of alkyl halides is 2. The van der Waals surface area contributed by atoms with Crippen LogP contribution in [0.2, 0.25) is 0 Å². The van der Waals surface area contributed by atoms with Crippen molar-refractivity contribution < 1.29 is 4.79 Å². The zero-order chi connectivity index (χ0) is 14.0. The minimum absolute atomic E-state index is 0.0747. The summed E-state index contributed by atoms with van der Waals surface area (Å²) in [5.74, 6) is 1.08. The van der Waals surface area contributed by atoms with Gasteiger partial charge >= 0.3 is 0 Å². The fraction of sp³-hybridized carbons (Fsp3) is 0.933. The second-order valence-electron chi connectivity index (χ2n) is 6.37. The van der Waals surface area contributed by atoms with Crippen LogP contribution in [-0.2, 0) is 4.79 Å². The topological polar surface area (TPSA) is 29.1 Å². The van der Waals surface area contributed by atoms with Crippen LogP contribution >= 0.6 is 23.2 Å². The van der Waals surface area contributed by atoms with Crippen molar-refractivity contribution in [1.29, 1.82) is 0 Å². The summed E-state index contributed by atoms with van der Waals surface area (Å²) in [6.45, 7) is 4.52. The number of nitrogens with one attached hydrogen (secondary N) is 1. The summed E-state index contributed by atoms with van der Waals surface area (Å²) in [6, 6.07) is 0.297. The molecule has 0 heterocycles. The van der Waals surface area contributed by atoms with Crippen LogP contribution in [0.3, 0.4) is 0 Å². The number of hydrogen-bond donors (Lipinski definition) is 1. The molecular weight excluding hydrogens is 281 g/mol. The Bertz CT molecular complexity index is 313. The Hall–Kier alpha value is 0.0500. The van der Waals surface area contributed by atoms with E-state index >= 15 is 0 Å². The number of carbonyl (C=O) groups is 1. The van der Waals surface area contributed by atoms with E-state index in [2.05, 4.69) is 19.2 Å². The molecule has 0 saturated heterocycles. The van der Waals surface area contributed by atoms with Crippen molar-refractivity contribution in [1.82, 2.24) is 5.32 Å². The van der Waals surface area contributed by atoms with Crippen molar-refractivity contribution in [2.75, 3.05) is 0 Å². The Balaban J connectivity index is 1.96. The Labute approximate surface area is 126 Å². The third kappa shape index (κ3) is 3.58. The smallest absolute Gasteiger partial charge is 0.226 e. The van der Waals surface area contributed by atoms with Crippen LogP contribution in [0.15, 0.2) is 0 Å². The molecule has 110 valence electrons. The zero-order valence-corrected chi connectivity index (χ0v) is 13.4. The second kappa shape index (κ2) is 6.67. The molecule has 0 aromatic carbocycles. The molecule has 2 rings (SSSR count). The third-order valence-corrected chi connectivity index (χ3v) is 6.06. The maximum Gasteiger partial charge on any atom is 0.226 e. The quantitative estimate of drug-likeness (QED) is 0.769. The van der Waals surface area contributed by atoms with E-state index in [0.717, 1.165) is 25.7 Å². The predicted molar refractivity (Wildman–Crippen MR) is 80.7 cm³/mol. The first kappa shape index (κ1) is 15.4. The van der Waals surface area contributed by atoms with Crippen LogP contribution in [0, 0.1) is 17.8 Å². The first-order valence-electron chi connectivity index (χ1n) is 7.59. The monoisotopic (exact) mass is 305 g/mol. The molecule has 2 saturated carbocycles. The molecule has 0 spiro atoms. The summed E-state index contributed by atoms with van der Waals surface area (Å²) in [7, 11) is 0. The molecule has 0 aromatic heterocycles. The molecule has 1 N–H and O–H groups in total. The van der Waals surface area contributed by atoms with Crippen molar-refractivity contribution in [3.05, 3.63) is 0 Å². The summed E-state index contributed by atoms with van der Waals surface area (Å²) >= 11 is 12.6. The maximum atomic E-state index is 12.5. The Morgan fingerprint density at radius 1 is 1.00 bits per heavy atom. The Morgan fingerprint density at radius 2 is 1.58 bits per heavy atom. The van der Waals surface area contributed by atoms with E-state index in [1.165, 1.54) is 12.8 Å². The minimum Gasteiger partial charge on any atom is -0.353 e. The van der Waals surface area contributed by atoms with Crippen molar-refractivity contribution in [2.45, 2.75) is 69.2 Å². The van der Waals surface area contributed by atoms with Gasteiger partial charge in [0.25, 0.3) is 0 Å². The van der Waals surface area contributed by atoms with Gasteiger partial charge < -0.3 is 5.32 Å². The van der Waals surface area contributed by atoms with Crippen LogP contribution in [-0.4, -0.2) is 22.7 Å². The fourth-order valence-electron chi connectivity index (χ4n) is 3.49. The fourth-order valence-corrected chi connectivity index (χ4v) is 4.45. The van der Waals surface area contributed by atoms with Gasteiger partial charge in [-0.2, -0.15) is 0 Å². The Kier molecular flexibility index (Phi) is 5.42. The van der Waals surface area contributed by atoms with Gasteiger partial charge in [0.15, 0.2) is 0 Å². The number of carbonyl (C=O) groups excluding carboxylic acids is 1. The maximum absolute atomic E-state index is 12.5. The zero-order valence-electron chi connectivity index (χ0n) is 11.9. The molecule has 4 heteroatoms. The van der Waals surface area contributed by atoms with Gasteiger partial charge in [-0.05, 0) is 31.1 Å². The highest BCUT2D eigenvalue weighted by Gasteiger charge is 2.38. The van der Waals surface area contributed by atoms with Gasteiger partial charge in [-0.1, -0.05) is 33.1 Å². The highest BCUT2D eigenvalue weighted by molar-refractivity contribution is 6.26.